The summed E-state index contributed by atoms with van der Waals surface area (Å²) in [5.41, 5.74) is 0.879. The average Bonchev–Trinajstić information content (AvgIpc) is 3.17. The zero-order valence-electron chi connectivity index (χ0n) is 14.2. The lowest BCUT2D eigenvalue weighted by Gasteiger charge is -2.03. The zero-order chi connectivity index (χ0) is 19.0. The second kappa shape index (κ2) is 7.75. The van der Waals surface area contributed by atoms with Crippen LogP contribution in [0.15, 0.2) is 47.5 Å². The fraction of sp³-hybridized carbons (Fsp3) is 0.158. The molecule has 0 aliphatic heterocycles. The predicted molar refractivity (Wildman–Crippen MR) is 115 cm³/mol. The minimum Gasteiger partial charge on any atom is -0.316 e. The Balaban J connectivity index is 1.85. The van der Waals surface area contributed by atoms with Crippen LogP contribution in [-0.4, -0.2) is 22.5 Å². The number of fused-ring (bicyclic) bond motifs is 2. The summed E-state index contributed by atoms with van der Waals surface area (Å²) in [6.07, 6.45) is 2.02. The molecule has 1 amide bonds. The molecule has 27 heavy (non-hydrogen) atoms. The van der Waals surface area contributed by atoms with Crippen LogP contribution in [0, 0.1) is 5.82 Å². The van der Waals surface area contributed by atoms with Gasteiger partial charge in [0.2, 0.25) is 0 Å². The molecule has 0 unspecified atom stereocenters. The highest BCUT2D eigenvalue weighted by Gasteiger charge is 2.17. The summed E-state index contributed by atoms with van der Waals surface area (Å²) in [4.78, 5) is 18.2. The van der Waals surface area contributed by atoms with Crippen molar-refractivity contribution in [2.75, 3.05) is 12.0 Å². The molecule has 0 atom stereocenters. The van der Waals surface area contributed by atoms with Crippen LogP contribution in [0.1, 0.15) is 9.67 Å². The van der Waals surface area contributed by atoms with Gasteiger partial charge < -0.3 is 4.57 Å². The number of nitrogens with zero attached hydrogens (tertiary/aromatic N) is 2. The Bertz CT molecular complexity index is 1220. The maximum Gasteiger partial charge on any atom is 0.291 e. The lowest BCUT2D eigenvalue weighted by molar-refractivity contribution is 0.100. The Morgan fingerprint density at radius 1 is 1.22 bits per heavy atom. The van der Waals surface area contributed by atoms with Crippen molar-refractivity contribution >= 4 is 72.2 Å². The largest absolute Gasteiger partial charge is 0.316 e. The molecule has 0 N–H and O–H groups in total. The van der Waals surface area contributed by atoms with Gasteiger partial charge in [0.1, 0.15) is 10.7 Å². The van der Waals surface area contributed by atoms with Gasteiger partial charge in [0, 0.05) is 22.4 Å². The molecule has 8 heteroatoms. The van der Waals surface area contributed by atoms with Crippen LogP contribution in [-0.2, 0) is 6.54 Å². The number of amides is 1. The van der Waals surface area contributed by atoms with Crippen LogP contribution in [0.4, 0.5) is 4.39 Å². The van der Waals surface area contributed by atoms with E-state index in [2.05, 4.69) is 4.99 Å². The Hall–Kier alpha value is -1.67. The van der Waals surface area contributed by atoms with Crippen molar-refractivity contribution in [2.24, 2.45) is 4.99 Å². The standard InChI is InChI=1S/C19H14ClFN2OS3/c1-25-9-8-23-13-7-6-11(21)10-15(13)27-19(23)22-18(24)17-16(20)12-4-2-3-5-14(12)26-17/h2-7,10H,8-9H2,1H3. The first-order chi connectivity index (χ1) is 13.1. The number of halogens is 2. The van der Waals surface area contributed by atoms with Crippen molar-refractivity contribution in [3.05, 3.63) is 63.0 Å². The Labute approximate surface area is 172 Å². The summed E-state index contributed by atoms with van der Waals surface area (Å²) in [6.45, 7) is 0.694. The first-order valence-electron chi connectivity index (χ1n) is 8.12. The maximum atomic E-state index is 13.6. The minimum absolute atomic E-state index is 0.300. The molecule has 0 saturated heterocycles. The molecular formula is C19H14ClFN2OS3. The van der Waals surface area contributed by atoms with Crippen LogP contribution >= 0.6 is 46.0 Å². The van der Waals surface area contributed by atoms with Gasteiger partial charge in [-0.15, -0.1) is 11.3 Å². The summed E-state index contributed by atoms with van der Waals surface area (Å²) in [7, 11) is 0. The molecule has 4 aromatic rings. The van der Waals surface area contributed by atoms with E-state index >= 15 is 0 Å². The summed E-state index contributed by atoms with van der Waals surface area (Å²) >= 11 is 10.8. The van der Waals surface area contributed by atoms with Crippen LogP contribution < -0.4 is 4.80 Å². The van der Waals surface area contributed by atoms with E-state index in [1.807, 2.05) is 35.1 Å². The number of hydrogen-bond donors (Lipinski definition) is 0. The van der Waals surface area contributed by atoms with Gasteiger partial charge in [0.25, 0.3) is 5.91 Å². The minimum atomic E-state index is -0.369. The van der Waals surface area contributed by atoms with Gasteiger partial charge in [-0.1, -0.05) is 41.1 Å². The number of aromatic nitrogens is 1. The van der Waals surface area contributed by atoms with Crippen LogP contribution in [0.3, 0.4) is 0 Å². The number of rotatable bonds is 4. The van der Waals surface area contributed by atoms with Crippen molar-refractivity contribution < 1.29 is 9.18 Å². The van der Waals surface area contributed by atoms with Gasteiger partial charge in [0.15, 0.2) is 4.80 Å². The fourth-order valence-corrected chi connectivity index (χ4v) is 5.66. The molecule has 0 saturated carbocycles. The second-order valence-corrected chi connectivity index (χ2v) is 9.22. The van der Waals surface area contributed by atoms with E-state index in [0.717, 1.165) is 26.1 Å². The zero-order valence-corrected chi connectivity index (χ0v) is 17.4. The molecular weight excluding hydrogens is 423 g/mol. The first kappa shape index (κ1) is 18.7. The lowest BCUT2D eigenvalue weighted by atomic mass is 10.2. The second-order valence-electron chi connectivity index (χ2n) is 5.80. The highest BCUT2D eigenvalue weighted by molar-refractivity contribution is 7.98. The molecule has 0 fully saturated rings. The number of thioether (sulfide) groups is 1. The molecule has 138 valence electrons. The Morgan fingerprint density at radius 2 is 2.04 bits per heavy atom. The van der Waals surface area contributed by atoms with Gasteiger partial charge >= 0.3 is 0 Å². The Kier molecular flexibility index (Phi) is 5.36. The number of benzene rings is 2. The van der Waals surface area contributed by atoms with Gasteiger partial charge in [-0.3, -0.25) is 4.79 Å². The van der Waals surface area contributed by atoms with Gasteiger partial charge in [-0.2, -0.15) is 16.8 Å². The molecule has 0 bridgehead atoms. The van der Waals surface area contributed by atoms with Crippen molar-refractivity contribution in [3.63, 3.8) is 0 Å². The average molecular weight is 437 g/mol. The quantitative estimate of drug-likeness (QED) is 0.404. The SMILES string of the molecule is CSCCn1c(=NC(=O)c2sc3ccccc3c2Cl)sc2cc(F)ccc21. The molecule has 0 radical (unpaired) electrons. The number of carbonyl (C=O) groups excluding carboxylic acids is 1. The van der Waals surface area contributed by atoms with Crippen molar-refractivity contribution in [2.45, 2.75) is 6.54 Å². The monoisotopic (exact) mass is 436 g/mol. The van der Waals surface area contributed by atoms with Crippen LogP contribution in [0.2, 0.25) is 5.02 Å². The summed E-state index contributed by atoms with van der Waals surface area (Å²) in [5.74, 6) is 0.200. The van der Waals surface area contributed by atoms with E-state index in [0.29, 0.717) is 21.2 Å². The molecule has 0 aliphatic rings. The van der Waals surface area contributed by atoms with E-state index < -0.39 is 0 Å². The van der Waals surface area contributed by atoms with Crippen molar-refractivity contribution in [1.29, 1.82) is 0 Å². The maximum absolute atomic E-state index is 13.6. The van der Waals surface area contributed by atoms with Gasteiger partial charge in [-0.05, 0) is 30.5 Å². The number of thiazole rings is 1. The van der Waals surface area contributed by atoms with Crippen LogP contribution in [0.5, 0.6) is 0 Å². The Morgan fingerprint density at radius 3 is 2.81 bits per heavy atom. The van der Waals surface area contributed by atoms with Gasteiger partial charge in [0.05, 0.1) is 15.2 Å². The summed E-state index contributed by atoms with van der Waals surface area (Å²) in [5, 5.41) is 1.29. The number of aryl methyl sites for hydroxylation is 1. The first-order valence-corrected chi connectivity index (χ1v) is 11.5. The molecule has 2 aromatic carbocycles. The smallest absolute Gasteiger partial charge is 0.291 e. The third kappa shape index (κ3) is 3.57. The highest BCUT2D eigenvalue weighted by atomic mass is 35.5. The van der Waals surface area contributed by atoms with E-state index in [1.165, 1.54) is 34.8 Å². The van der Waals surface area contributed by atoms with E-state index in [9.17, 15) is 9.18 Å². The molecule has 3 nitrogen and oxygen atoms in total. The number of thiophene rings is 1. The molecule has 4 rings (SSSR count). The van der Waals surface area contributed by atoms with Crippen molar-refractivity contribution in [1.82, 2.24) is 4.57 Å². The van der Waals surface area contributed by atoms with Crippen molar-refractivity contribution in [3.8, 4) is 0 Å². The molecule has 2 aromatic heterocycles. The summed E-state index contributed by atoms with van der Waals surface area (Å²) < 4.78 is 17.3. The van der Waals surface area contributed by atoms with E-state index in [-0.39, 0.29) is 11.7 Å². The highest BCUT2D eigenvalue weighted by Crippen LogP contribution is 2.35. The lowest BCUT2D eigenvalue weighted by Crippen LogP contribution is -2.18. The molecule has 0 spiro atoms. The van der Waals surface area contributed by atoms with Gasteiger partial charge in [-0.25, -0.2) is 4.39 Å². The third-order valence-electron chi connectivity index (χ3n) is 4.09. The number of hydrogen-bond acceptors (Lipinski definition) is 4. The molecule has 0 aliphatic carbocycles. The normalized spacial score (nSPS) is 12.3. The summed E-state index contributed by atoms with van der Waals surface area (Å²) in [6, 6.07) is 12.3. The molecule has 2 heterocycles. The predicted octanol–water partition coefficient (Wildman–Crippen LogP) is 5.81. The topological polar surface area (TPSA) is 34.4 Å². The van der Waals surface area contributed by atoms with E-state index in [4.69, 9.17) is 11.6 Å². The number of carbonyl (C=O) groups is 1. The van der Waals surface area contributed by atoms with Crippen LogP contribution in [0.25, 0.3) is 20.3 Å². The fourth-order valence-electron chi connectivity index (χ4n) is 2.82. The van der Waals surface area contributed by atoms with E-state index in [1.54, 1.807) is 17.8 Å². The third-order valence-corrected chi connectivity index (χ3v) is 7.39.